The van der Waals surface area contributed by atoms with Gasteiger partial charge < -0.3 is 4.57 Å². The van der Waals surface area contributed by atoms with Crippen LogP contribution in [-0.2, 0) is 0 Å². The van der Waals surface area contributed by atoms with Gasteiger partial charge in [0, 0.05) is 16.8 Å². The van der Waals surface area contributed by atoms with Crippen molar-refractivity contribution >= 4 is 29.3 Å². The fourth-order valence-corrected chi connectivity index (χ4v) is 2.41. The molecule has 1 heterocycles. The van der Waals surface area contributed by atoms with E-state index in [4.69, 9.17) is 0 Å². The summed E-state index contributed by atoms with van der Waals surface area (Å²) >= 11 is 0. The molecule has 0 radical (unpaired) electrons. The van der Waals surface area contributed by atoms with E-state index in [9.17, 15) is 0 Å². The highest BCUT2D eigenvalue weighted by molar-refractivity contribution is 5.84. The maximum atomic E-state index is 3.92. The SMILES string of the molecule is C=Cn1c2c(c3ccccc31)=CC=C(C)C=CC=2. The van der Waals surface area contributed by atoms with Crippen LogP contribution in [0.5, 0.6) is 0 Å². The highest BCUT2D eigenvalue weighted by Gasteiger charge is 2.04. The molecule has 1 aromatic heterocycles. The average molecular weight is 233 g/mol. The Kier molecular flexibility index (Phi) is 2.52. The van der Waals surface area contributed by atoms with Crippen LogP contribution in [0.25, 0.3) is 29.3 Å². The third kappa shape index (κ3) is 1.56. The third-order valence-electron chi connectivity index (χ3n) is 3.30. The number of nitrogens with zero attached hydrogens (tertiary/aromatic N) is 1. The summed E-state index contributed by atoms with van der Waals surface area (Å²) in [4.78, 5) is 0. The van der Waals surface area contributed by atoms with Gasteiger partial charge in [-0.15, -0.1) is 0 Å². The maximum Gasteiger partial charge on any atom is 0.0534 e. The lowest BCUT2D eigenvalue weighted by molar-refractivity contribution is 1.16. The first kappa shape index (κ1) is 10.8. The van der Waals surface area contributed by atoms with Gasteiger partial charge in [0.15, 0.2) is 0 Å². The minimum absolute atomic E-state index is 1.19. The Morgan fingerprint density at radius 3 is 2.78 bits per heavy atom. The molecular weight excluding hydrogens is 218 g/mol. The zero-order valence-corrected chi connectivity index (χ0v) is 10.4. The van der Waals surface area contributed by atoms with Crippen molar-refractivity contribution in [1.82, 2.24) is 4.57 Å². The molecule has 0 N–H and O–H groups in total. The molecule has 2 aromatic rings. The minimum atomic E-state index is 1.19. The summed E-state index contributed by atoms with van der Waals surface area (Å²) in [6, 6.07) is 8.43. The van der Waals surface area contributed by atoms with E-state index < -0.39 is 0 Å². The van der Waals surface area contributed by atoms with Crippen molar-refractivity contribution < 1.29 is 0 Å². The molecule has 0 aliphatic heterocycles. The second-order valence-electron chi connectivity index (χ2n) is 4.47. The number of aromatic nitrogens is 1. The van der Waals surface area contributed by atoms with Crippen LogP contribution in [-0.4, -0.2) is 4.57 Å². The van der Waals surface area contributed by atoms with Crippen molar-refractivity contribution in [1.29, 1.82) is 0 Å². The Bertz CT molecular complexity index is 798. The monoisotopic (exact) mass is 233 g/mol. The Morgan fingerprint density at radius 2 is 1.94 bits per heavy atom. The summed E-state index contributed by atoms with van der Waals surface area (Å²) in [6.07, 6.45) is 12.6. The summed E-state index contributed by atoms with van der Waals surface area (Å²) < 4.78 is 2.14. The Labute approximate surface area is 106 Å². The van der Waals surface area contributed by atoms with Crippen molar-refractivity contribution in [2.24, 2.45) is 0 Å². The lowest BCUT2D eigenvalue weighted by Crippen LogP contribution is -2.26. The Hall–Kier alpha value is -2.28. The summed E-state index contributed by atoms with van der Waals surface area (Å²) in [5.41, 5.74) is 2.46. The Morgan fingerprint density at radius 1 is 1.11 bits per heavy atom. The molecule has 18 heavy (non-hydrogen) atoms. The van der Waals surface area contributed by atoms with Crippen LogP contribution in [0.2, 0.25) is 0 Å². The van der Waals surface area contributed by atoms with Gasteiger partial charge in [0.25, 0.3) is 0 Å². The van der Waals surface area contributed by atoms with Crippen LogP contribution in [0, 0.1) is 0 Å². The second kappa shape index (κ2) is 4.19. The Balaban J connectivity index is 2.59. The molecule has 0 saturated heterocycles. The molecule has 0 spiro atoms. The zero-order valence-electron chi connectivity index (χ0n) is 10.4. The van der Waals surface area contributed by atoms with E-state index in [1.165, 1.54) is 27.0 Å². The van der Waals surface area contributed by atoms with E-state index in [1.54, 1.807) is 0 Å². The van der Waals surface area contributed by atoms with Gasteiger partial charge in [0.2, 0.25) is 0 Å². The molecule has 0 fully saturated rings. The molecule has 1 aromatic carbocycles. The first-order valence-electron chi connectivity index (χ1n) is 6.10. The van der Waals surface area contributed by atoms with Crippen molar-refractivity contribution in [2.75, 3.05) is 0 Å². The molecular formula is C17H15N. The summed E-state index contributed by atoms with van der Waals surface area (Å²) in [5, 5.41) is 3.71. The van der Waals surface area contributed by atoms with Gasteiger partial charge in [-0.25, -0.2) is 0 Å². The van der Waals surface area contributed by atoms with Gasteiger partial charge >= 0.3 is 0 Å². The van der Waals surface area contributed by atoms with Crippen LogP contribution in [0.4, 0.5) is 0 Å². The van der Waals surface area contributed by atoms with E-state index in [-0.39, 0.29) is 0 Å². The average Bonchev–Trinajstić information content (AvgIpc) is 2.66. The van der Waals surface area contributed by atoms with Crippen molar-refractivity contribution in [3.05, 3.63) is 65.2 Å². The van der Waals surface area contributed by atoms with Crippen molar-refractivity contribution in [3.63, 3.8) is 0 Å². The van der Waals surface area contributed by atoms with Gasteiger partial charge in [-0.2, -0.15) is 0 Å². The molecule has 1 heteroatoms. The highest BCUT2D eigenvalue weighted by atomic mass is 14.9. The molecule has 0 amide bonds. The zero-order chi connectivity index (χ0) is 12.5. The van der Waals surface area contributed by atoms with Crippen LogP contribution in [0.3, 0.4) is 0 Å². The maximum absolute atomic E-state index is 3.92. The van der Waals surface area contributed by atoms with E-state index in [0.29, 0.717) is 0 Å². The molecule has 88 valence electrons. The van der Waals surface area contributed by atoms with Gasteiger partial charge in [-0.3, -0.25) is 0 Å². The number of para-hydroxylation sites is 1. The molecule has 1 aliphatic rings. The number of hydrogen-bond donors (Lipinski definition) is 0. The van der Waals surface area contributed by atoms with Crippen LogP contribution < -0.4 is 10.6 Å². The van der Waals surface area contributed by atoms with Crippen LogP contribution >= 0.6 is 0 Å². The van der Waals surface area contributed by atoms with Crippen LogP contribution in [0.1, 0.15) is 6.92 Å². The van der Waals surface area contributed by atoms with E-state index >= 15 is 0 Å². The minimum Gasteiger partial charge on any atom is -0.317 e. The first-order valence-corrected chi connectivity index (χ1v) is 6.10. The van der Waals surface area contributed by atoms with E-state index in [1.807, 2.05) is 6.20 Å². The third-order valence-corrected chi connectivity index (χ3v) is 3.30. The highest BCUT2D eigenvalue weighted by Crippen LogP contribution is 2.09. The van der Waals surface area contributed by atoms with Gasteiger partial charge in [0.05, 0.1) is 10.9 Å². The number of allylic oxidation sites excluding steroid dienone is 4. The number of fused-ring (bicyclic) bond motifs is 3. The first-order chi connectivity index (χ1) is 8.81. The second-order valence-corrected chi connectivity index (χ2v) is 4.47. The van der Waals surface area contributed by atoms with Gasteiger partial charge in [-0.05, 0) is 19.1 Å². The van der Waals surface area contributed by atoms with Crippen molar-refractivity contribution in [3.8, 4) is 0 Å². The lowest BCUT2D eigenvalue weighted by Gasteiger charge is -1.96. The van der Waals surface area contributed by atoms with Gasteiger partial charge in [0.1, 0.15) is 0 Å². The largest absolute Gasteiger partial charge is 0.317 e. The predicted molar refractivity (Wildman–Crippen MR) is 79.4 cm³/mol. The molecule has 1 nitrogen and oxygen atoms in total. The number of rotatable bonds is 1. The smallest absolute Gasteiger partial charge is 0.0534 e. The van der Waals surface area contributed by atoms with Gasteiger partial charge in [-0.1, -0.05) is 54.7 Å². The topological polar surface area (TPSA) is 4.93 Å². The fourth-order valence-electron chi connectivity index (χ4n) is 2.41. The molecule has 1 aliphatic carbocycles. The predicted octanol–water partition coefficient (Wildman–Crippen LogP) is 2.82. The number of benzene rings is 1. The molecule has 0 atom stereocenters. The summed E-state index contributed by atoms with van der Waals surface area (Å²) in [5.74, 6) is 0. The summed E-state index contributed by atoms with van der Waals surface area (Å²) in [7, 11) is 0. The lowest BCUT2D eigenvalue weighted by atomic mass is 10.1. The fraction of sp³-hybridized carbons (Fsp3) is 0.0588. The standard InChI is InChI=1S/C17H15N/c1-3-18-16-9-5-4-8-14(16)15-12-11-13(2)7-6-10-17(15)18/h3-12H,1H2,2H3. The quantitative estimate of drug-likeness (QED) is 0.714. The molecule has 0 saturated carbocycles. The molecule has 0 unspecified atom stereocenters. The normalized spacial score (nSPS) is 13.9. The molecule has 3 rings (SSSR count). The van der Waals surface area contributed by atoms with E-state index in [0.717, 1.165) is 0 Å². The summed E-state index contributed by atoms with van der Waals surface area (Å²) in [6.45, 7) is 6.03. The van der Waals surface area contributed by atoms with E-state index in [2.05, 4.69) is 72.7 Å². The van der Waals surface area contributed by atoms with Crippen molar-refractivity contribution in [2.45, 2.75) is 6.92 Å². The number of hydrogen-bond acceptors (Lipinski definition) is 0. The van der Waals surface area contributed by atoms with Crippen LogP contribution in [0.15, 0.2) is 54.6 Å². The molecule has 0 bridgehead atoms.